The molecule has 9 heteroatoms. The average Bonchev–Trinajstić information content (AvgIpc) is 3.55. The summed E-state index contributed by atoms with van der Waals surface area (Å²) < 4.78 is 12.8. The predicted octanol–water partition coefficient (Wildman–Crippen LogP) is 2.98. The van der Waals surface area contributed by atoms with Gasteiger partial charge in [-0.3, -0.25) is 14.5 Å². The smallest absolute Gasteiger partial charge is 0.399 e. The van der Waals surface area contributed by atoms with Crippen molar-refractivity contribution in [2.24, 2.45) is 5.41 Å². The third-order valence-corrected chi connectivity index (χ3v) is 11.9. The first-order valence-electron chi connectivity index (χ1n) is 15.9. The number of piperidine rings is 2. The zero-order valence-corrected chi connectivity index (χ0v) is 25.4. The van der Waals surface area contributed by atoms with Gasteiger partial charge in [-0.2, -0.15) is 0 Å². The quantitative estimate of drug-likeness (QED) is 0.568. The van der Waals surface area contributed by atoms with Gasteiger partial charge in [-0.15, -0.1) is 0 Å². The van der Waals surface area contributed by atoms with Gasteiger partial charge in [-0.1, -0.05) is 12.1 Å². The Balaban J connectivity index is 1.17. The number of anilines is 1. The highest BCUT2D eigenvalue weighted by Gasteiger charge is 2.58. The molecule has 1 aromatic carbocycles. The molecular weight excluding hydrogens is 517 g/mol. The van der Waals surface area contributed by atoms with Crippen LogP contribution in [0, 0.1) is 5.41 Å². The van der Waals surface area contributed by atoms with E-state index in [0.717, 1.165) is 29.6 Å². The Kier molecular flexibility index (Phi) is 6.31. The lowest BCUT2D eigenvalue weighted by Crippen LogP contribution is -2.59. The zero-order valence-electron chi connectivity index (χ0n) is 25.4. The minimum Gasteiger partial charge on any atom is -0.399 e. The Morgan fingerprint density at radius 3 is 2.24 bits per heavy atom. The standard InChI is InChI=1S/C32H46BN3O5/c1-21(37)27(38)34-15-12-32(13-16-34)25-8-7-22(33-40-29(2,3)30(4,5)41-33)17-26(25)36(28(32)39)24-18-23(19-24)35-14-6-9-31(20-35)10-11-31/h7-8,17,21,23-24,37H,6,9-16,18-20H2,1-5H3/t21-,23?,24?/m1/s1. The Morgan fingerprint density at radius 2 is 1.63 bits per heavy atom. The van der Waals surface area contributed by atoms with Crippen LogP contribution in [0.4, 0.5) is 5.69 Å². The molecule has 3 saturated heterocycles. The van der Waals surface area contributed by atoms with E-state index < -0.39 is 29.8 Å². The number of hydrogen-bond acceptors (Lipinski definition) is 6. The van der Waals surface area contributed by atoms with Crippen molar-refractivity contribution in [2.75, 3.05) is 31.1 Å². The monoisotopic (exact) mass is 563 g/mol. The van der Waals surface area contributed by atoms with Crippen molar-refractivity contribution >= 4 is 30.1 Å². The zero-order chi connectivity index (χ0) is 28.9. The van der Waals surface area contributed by atoms with Crippen molar-refractivity contribution in [3.63, 3.8) is 0 Å². The van der Waals surface area contributed by atoms with E-state index in [1.54, 1.807) is 4.90 Å². The Morgan fingerprint density at radius 1 is 0.976 bits per heavy atom. The van der Waals surface area contributed by atoms with Gasteiger partial charge >= 0.3 is 7.12 Å². The van der Waals surface area contributed by atoms with Gasteiger partial charge in [0.2, 0.25) is 5.91 Å². The first-order valence-corrected chi connectivity index (χ1v) is 15.9. The second-order valence-electron chi connectivity index (χ2n) is 15.0. The minimum absolute atomic E-state index is 0.184. The van der Waals surface area contributed by atoms with Crippen LogP contribution < -0.4 is 10.4 Å². The first kappa shape index (κ1) is 27.9. The normalized spacial score (nSPS) is 31.9. The van der Waals surface area contributed by atoms with Gasteiger partial charge in [0.15, 0.2) is 0 Å². The van der Waals surface area contributed by atoms with Crippen LogP contribution in [-0.4, -0.2) is 89.4 Å². The van der Waals surface area contributed by atoms with Crippen LogP contribution in [0.15, 0.2) is 18.2 Å². The Bertz CT molecular complexity index is 1230. The van der Waals surface area contributed by atoms with Crippen LogP contribution in [0.1, 0.15) is 91.5 Å². The fourth-order valence-electron chi connectivity index (χ4n) is 8.16. The lowest BCUT2D eigenvalue weighted by Gasteiger charge is -2.49. The van der Waals surface area contributed by atoms with Gasteiger partial charge in [0.1, 0.15) is 6.10 Å². The van der Waals surface area contributed by atoms with E-state index >= 15 is 0 Å². The molecule has 222 valence electrons. The van der Waals surface area contributed by atoms with Gasteiger partial charge in [0.05, 0.1) is 16.6 Å². The Labute approximate surface area is 244 Å². The second kappa shape index (κ2) is 9.28. The van der Waals surface area contributed by atoms with Gasteiger partial charge < -0.3 is 24.2 Å². The van der Waals surface area contributed by atoms with Crippen LogP contribution >= 0.6 is 0 Å². The summed E-state index contributed by atoms with van der Waals surface area (Å²) in [6.45, 7) is 13.1. The van der Waals surface area contributed by atoms with E-state index in [2.05, 4.69) is 55.7 Å². The third kappa shape index (κ3) is 4.32. The summed E-state index contributed by atoms with van der Waals surface area (Å²) in [5.41, 5.74) is 2.10. The van der Waals surface area contributed by atoms with E-state index in [4.69, 9.17) is 9.31 Å². The fraction of sp³-hybridized carbons (Fsp3) is 0.750. The summed E-state index contributed by atoms with van der Waals surface area (Å²) in [7, 11) is -0.485. The number of benzene rings is 1. The lowest BCUT2D eigenvalue weighted by atomic mass is 9.71. The Hall–Kier alpha value is -1.94. The maximum absolute atomic E-state index is 14.5. The summed E-state index contributed by atoms with van der Waals surface area (Å²) in [5.74, 6) is -0.0706. The summed E-state index contributed by atoms with van der Waals surface area (Å²) in [6.07, 6.45) is 7.63. The van der Waals surface area contributed by atoms with E-state index in [0.29, 0.717) is 37.4 Å². The third-order valence-electron chi connectivity index (χ3n) is 11.9. The molecular formula is C32H46BN3O5. The SMILES string of the molecule is C[C@@H](O)C(=O)N1CCC2(CC1)C(=O)N(C1CC(N3CCCC4(CC4)C3)C1)c1cc(B3OC(C)(C)C(C)(C)O3)ccc12. The van der Waals surface area contributed by atoms with Crippen molar-refractivity contribution in [1.29, 1.82) is 0 Å². The molecule has 8 nitrogen and oxygen atoms in total. The number of fused-ring (bicyclic) bond motifs is 2. The predicted molar refractivity (Wildman–Crippen MR) is 158 cm³/mol. The summed E-state index contributed by atoms with van der Waals surface area (Å²) in [4.78, 5) is 33.6. The van der Waals surface area contributed by atoms with Gasteiger partial charge in [-0.05, 0) is 115 Å². The van der Waals surface area contributed by atoms with E-state index in [-0.39, 0.29) is 17.9 Å². The van der Waals surface area contributed by atoms with Crippen molar-refractivity contribution < 1.29 is 24.0 Å². The maximum Gasteiger partial charge on any atom is 0.494 e. The number of amides is 2. The number of aliphatic hydroxyl groups excluding tert-OH is 1. The molecule has 4 aliphatic heterocycles. The van der Waals surface area contributed by atoms with Gasteiger partial charge in [-0.25, -0.2) is 0 Å². The molecule has 2 spiro atoms. The maximum atomic E-state index is 14.5. The van der Waals surface area contributed by atoms with Crippen molar-refractivity contribution in [1.82, 2.24) is 9.80 Å². The number of nitrogens with zero attached hydrogens (tertiary/aromatic N) is 3. The molecule has 2 amide bonds. The fourth-order valence-corrected chi connectivity index (χ4v) is 8.16. The number of aliphatic hydroxyl groups is 1. The van der Waals surface area contributed by atoms with E-state index in [1.807, 2.05) is 0 Å². The summed E-state index contributed by atoms with van der Waals surface area (Å²) in [5, 5.41) is 9.88. The molecule has 2 aliphatic carbocycles. The van der Waals surface area contributed by atoms with Crippen molar-refractivity contribution in [3.8, 4) is 0 Å². The molecule has 2 saturated carbocycles. The molecule has 1 N–H and O–H groups in total. The molecule has 0 aromatic heterocycles. The molecule has 6 aliphatic rings. The molecule has 1 aromatic rings. The highest BCUT2D eigenvalue weighted by molar-refractivity contribution is 6.62. The van der Waals surface area contributed by atoms with Crippen LogP contribution in [0.3, 0.4) is 0 Å². The van der Waals surface area contributed by atoms with Crippen LogP contribution in [0.5, 0.6) is 0 Å². The second-order valence-corrected chi connectivity index (χ2v) is 15.0. The summed E-state index contributed by atoms with van der Waals surface area (Å²) >= 11 is 0. The molecule has 7 rings (SSSR count). The van der Waals surface area contributed by atoms with Crippen LogP contribution in [-0.2, 0) is 24.3 Å². The molecule has 4 heterocycles. The number of carbonyl (C=O) groups excluding carboxylic acids is 2. The van der Waals surface area contributed by atoms with Crippen molar-refractivity contribution in [2.45, 2.75) is 121 Å². The molecule has 5 fully saturated rings. The number of likely N-dealkylation sites (tertiary alicyclic amines) is 2. The number of hydrogen-bond donors (Lipinski definition) is 1. The largest absolute Gasteiger partial charge is 0.494 e. The highest BCUT2D eigenvalue weighted by Crippen LogP contribution is 2.54. The highest BCUT2D eigenvalue weighted by atomic mass is 16.7. The van der Waals surface area contributed by atoms with Gasteiger partial charge in [0.25, 0.3) is 5.91 Å². The number of carbonyl (C=O) groups is 2. The molecule has 41 heavy (non-hydrogen) atoms. The molecule has 1 atom stereocenters. The molecule has 0 bridgehead atoms. The minimum atomic E-state index is -1.02. The lowest BCUT2D eigenvalue weighted by molar-refractivity contribution is -0.142. The topological polar surface area (TPSA) is 82.6 Å². The molecule has 0 unspecified atom stereocenters. The van der Waals surface area contributed by atoms with Crippen LogP contribution in [0.2, 0.25) is 0 Å². The first-order chi connectivity index (χ1) is 19.3. The molecule has 0 radical (unpaired) electrons. The van der Waals surface area contributed by atoms with E-state index in [9.17, 15) is 14.7 Å². The van der Waals surface area contributed by atoms with Crippen molar-refractivity contribution in [3.05, 3.63) is 23.8 Å². The number of rotatable bonds is 4. The summed E-state index contributed by atoms with van der Waals surface area (Å²) in [6, 6.07) is 7.08. The average molecular weight is 564 g/mol. The van der Waals surface area contributed by atoms with Crippen LogP contribution in [0.25, 0.3) is 0 Å². The van der Waals surface area contributed by atoms with Gasteiger partial charge in [0, 0.05) is 37.4 Å². The van der Waals surface area contributed by atoms with E-state index in [1.165, 1.54) is 45.7 Å².